The minimum absolute atomic E-state index is 0.0959. The molecule has 0 heterocycles. The van der Waals surface area contributed by atoms with Crippen LogP contribution in [0.4, 0.5) is 24.5 Å². The van der Waals surface area contributed by atoms with Crippen molar-refractivity contribution < 1.29 is 32.3 Å². The molecular formula is C23H19F3N2O5. The monoisotopic (exact) mass is 460 g/mol. The summed E-state index contributed by atoms with van der Waals surface area (Å²) in [5.41, 5.74) is -0.615. The van der Waals surface area contributed by atoms with Crippen LogP contribution in [0.15, 0.2) is 65.7 Å². The molecule has 0 fully saturated rings. The summed E-state index contributed by atoms with van der Waals surface area (Å²) in [6.45, 7) is 2.45. The van der Waals surface area contributed by atoms with E-state index >= 15 is 0 Å². The Hall–Kier alpha value is -4.08. The minimum atomic E-state index is -4.72. The number of nitro benzene ring substituents is 1. The summed E-state index contributed by atoms with van der Waals surface area (Å²) in [6, 6.07) is 13.9. The second kappa shape index (κ2) is 10.0. The Labute approximate surface area is 187 Å². The second-order valence-electron chi connectivity index (χ2n) is 6.63. The predicted octanol–water partition coefficient (Wildman–Crippen LogP) is 6.56. The maximum Gasteiger partial charge on any atom is 0.416 e. The molecule has 0 aliphatic carbocycles. The third-order valence-electron chi connectivity index (χ3n) is 4.40. The molecular weight excluding hydrogens is 441 g/mol. The van der Waals surface area contributed by atoms with Crippen molar-refractivity contribution in [2.24, 2.45) is 4.99 Å². The van der Waals surface area contributed by atoms with Gasteiger partial charge in [0.2, 0.25) is 5.75 Å². The SMILES string of the molecule is CCOc1ccc(N=Cc2ccc(Oc3ccc(C(F)(F)F)cc3[N+](=O)[O-])c(OC)c2)cc1. The van der Waals surface area contributed by atoms with E-state index in [-0.39, 0.29) is 17.2 Å². The van der Waals surface area contributed by atoms with Crippen molar-refractivity contribution in [2.45, 2.75) is 13.1 Å². The van der Waals surface area contributed by atoms with E-state index < -0.39 is 22.4 Å². The molecule has 172 valence electrons. The van der Waals surface area contributed by atoms with Crippen LogP contribution in [0.1, 0.15) is 18.1 Å². The van der Waals surface area contributed by atoms with Gasteiger partial charge in [-0.3, -0.25) is 15.1 Å². The molecule has 0 saturated carbocycles. The topological polar surface area (TPSA) is 83.2 Å². The highest BCUT2D eigenvalue weighted by Gasteiger charge is 2.33. The van der Waals surface area contributed by atoms with Gasteiger partial charge in [-0.25, -0.2) is 0 Å². The third-order valence-corrected chi connectivity index (χ3v) is 4.40. The average molecular weight is 460 g/mol. The van der Waals surface area contributed by atoms with Crippen LogP contribution in [-0.2, 0) is 6.18 Å². The molecule has 0 aromatic heterocycles. The van der Waals surface area contributed by atoms with Crippen molar-refractivity contribution in [1.29, 1.82) is 0 Å². The summed E-state index contributed by atoms with van der Waals surface area (Å²) >= 11 is 0. The van der Waals surface area contributed by atoms with E-state index in [0.29, 0.717) is 30.0 Å². The van der Waals surface area contributed by atoms with Crippen molar-refractivity contribution >= 4 is 17.6 Å². The van der Waals surface area contributed by atoms with Crippen LogP contribution in [0, 0.1) is 10.1 Å². The fourth-order valence-corrected chi connectivity index (χ4v) is 2.83. The van der Waals surface area contributed by atoms with Gasteiger partial charge in [-0.15, -0.1) is 0 Å². The zero-order valence-electron chi connectivity index (χ0n) is 17.6. The van der Waals surface area contributed by atoms with Crippen LogP contribution >= 0.6 is 0 Å². The lowest BCUT2D eigenvalue weighted by Gasteiger charge is -2.12. The van der Waals surface area contributed by atoms with Crippen LogP contribution in [0.2, 0.25) is 0 Å². The van der Waals surface area contributed by atoms with Crippen LogP contribution < -0.4 is 14.2 Å². The molecule has 0 unspecified atom stereocenters. The van der Waals surface area contributed by atoms with E-state index in [4.69, 9.17) is 14.2 Å². The fourth-order valence-electron chi connectivity index (χ4n) is 2.83. The van der Waals surface area contributed by atoms with Crippen LogP contribution in [0.5, 0.6) is 23.0 Å². The van der Waals surface area contributed by atoms with E-state index in [9.17, 15) is 23.3 Å². The van der Waals surface area contributed by atoms with Gasteiger partial charge in [-0.1, -0.05) is 0 Å². The lowest BCUT2D eigenvalue weighted by atomic mass is 10.1. The van der Waals surface area contributed by atoms with Crippen LogP contribution in [0.3, 0.4) is 0 Å². The van der Waals surface area contributed by atoms with Crippen LogP contribution in [0.25, 0.3) is 0 Å². The number of ether oxygens (including phenoxy) is 3. The summed E-state index contributed by atoms with van der Waals surface area (Å²) in [7, 11) is 1.37. The number of halogens is 3. The van der Waals surface area contributed by atoms with Gasteiger partial charge < -0.3 is 14.2 Å². The predicted molar refractivity (Wildman–Crippen MR) is 116 cm³/mol. The van der Waals surface area contributed by atoms with E-state index in [1.807, 2.05) is 6.92 Å². The number of alkyl halides is 3. The smallest absolute Gasteiger partial charge is 0.416 e. The molecule has 0 aliphatic rings. The third kappa shape index (κ3) is 6.00. The van der Waals surface area contributed by atoms with Crippen molar-refractivity contribution in [1.82, 2.24) is 0 Å². The van der Waals surface area contributed by atoms with Gasteiger partial charge in [0.15, 0.2) is 11.5 Å². The average Bonchev–Trinajstić information content (AvgIpc) is 2.79. The molecule has 3 aromatic carbocycles. The molecule has 3 aromatic rings. The normalized spacial score (nSPS) is 11.4. The lowest BCUT2D eigenvalue weighted by molar-refractivity contribution is -0.385. The summed E-state index contributed by atoms with van der Waals surface area (Å²) in [5.74, 6) is 0.706. The Morgan fingerprint density at radius 3 is 2.30 bits per heavy atom. The van der Waals surface area contributed by atoms with Gasteiger partial charge >= 0.3 is 11.9 Å². The molecule has 0 radical (unpaired) electrons. The van der Waals surface area contributed by atoms with Crippen molar-refractivity contribution in [3.63, 3.8) is 0 Å². The summed E-state index contributed by atoms with van der Waals surface area (Å²) < 4.78 is 54.9. The molecule has 0 aliphatic heterocycles. The Morgan fingerprint density at radius 1 is 1.00 bits per heavy atom. The molecule has 0 atom stereocenters. The molecule has 0 spiro atoms. The van der Waals surface area contributed by atoms with Crippen LogP contribution in [-0.4, -0.2) is 24.9 Å². The number of aliphatic imine (C=N–C) groups is 1. The number of hydrogen-bond donors (Lipinski definition) is 0. The van der Waals surface area contributed by atoms with Gasteiger partial charge in [0.1, 0.15) is 5.75 Å². The zero-order chi connectivity index (χ0) is 24.0. The first-order valence-electron chi connectivity index (χ1n) is 9.69. The molecule has 3 rings (SSSR count). The largest absolute Gasteiger partial charge is 0.494 e. The number of benzene rings is 3. The minimum Gasteiger partial charge on any atom is -0.494 e. The highest BCUT2D eigenvalue weighted by atomic mass is 19.4. The molecule has 0 N–H and O–H groups in total. The quantitative estimate of drug-likeness (QED) is 0.216. The summed E-state index contributed by atoms with van der Waals surface area (Å²) in [5, 5.41) is 11.3. The fraction of sp³-hybridized carbons (Fsp3) is 0.174. The van der Waals surface area contributed by atoms with E-state index in [2.05, 4.69) is 4.99 Å². The van der Waals surface area contributed by atoms with Crippen molar-refractivity contribution in [3.8, 4) is 23.0 Å². The number of hydrogen-bond acceptors (Lipinski definition) is 6. The maximum absolute atomic E-state index is 12.9. The van der Waals surface area contributed by atoms with Gasteiger partial charge in [-0.2, -0.15) is 13.2 Å². The summed E-state index contributed by atoms with van der Waals surface area (Å²) in [6.07, 6.45) is -3.13. The number of methoxy groups -OCH3 is 1. The molecule has 0 bridgehead atoms. The van der Waals surface area contributed by atoms with E-state index in [1.54, 1.807) is 42.6 Å². The molecule has 33 heavy (non-hydrogen) atoms. The Balaban J connectivity index is 1.83. The number of rotatable bonds is 8. The second-order valence-corrected chi connectivity index (χ2v) is 6.63. The van der Waals surface area contributed by atoms with Gasteiger partial charge in [0, 0.05) is 12.3 Å². The van der Waals surface area contributed by atoms with Crippen molar-refractivity contribution in [3.05, 3.63) is 81.9 Å². The number of nitro groups is 1. The van der Waals surface area contributed by atoms with E-state index in [1.165, 1.54) is 13.2 Å². The zero-order valence-corrected chi connectivity index (χ0v) is 17.6. The highest BCUT2D eigenvalue weighted by Crippen LogP contribution is 2.40. The molecule has 0 amide bonds. The Bertz CT molecular complexity index is 1160. The van der Waals surface area contributed by atoms with Gasteiger partial charge in [0.25, 0.3) is 0 Å². The molecule has 0 saturated heterocycles. The first kappa shape index (κ1) is 23.6. The number of nitrogens with zero attached hydrogens (tertiary/aromatic N) is 2. The first-order chi connectivity index (χ1) is 15.7. The standard InChI is InChI=1S/C23H19F3N2O5/c1-3-32-18-8-6-17(7-9-18)27-14-15-4-10-21(22(12-15)31-2)33-20-11-5-16(23(24,25)26)13-19(20)28(29)30/h4-14H,3H2,1-2H3. The van der Waals surface area contributed by atoms with E-state index in [0.717, 1.165) is 11.8 Å². The Morgan fingerprint density at radius 2 is 1.70 bits per heavy atom. The lowest BCUT2D eigenvalue weighted by Crippen LogP contribution is -2.06. The highest BCUT2D eigenvalue weighted by molar-refractivity contribution is 5.83. The van der Waals surface area contributed by atoms with Gasteiger partial charge in [-0.05, 0) is 67.1 Å². The summed E-state index contributed by atoms with van der Waals surface area (Å²) in [4.78, 5) is 14.7. The molecule has 10 heteroatoms. The Kier molecular flexibility index (Phi) is 7.17. The molecule has 7 nitrogen and oxygen atoms in total. The van der Waals surface area contributed by atoms with Crippen molar-refractivity contribution in [2.75, 3.05) is 13.7 Å². The maximum atomic E-state index is 12.9. The van der Waals surface area contributed by atoms with Gasteiger partial charge in [0.05, 0.1) is 29.9 Å². The first-order valence-corrected chi connectivity index (χ1v) is 9.69.